The molecule has 2 radical (unpaired) electrons. The maximum atomic E-state index is 3.07. The summed E-state index contributed by atoms with van der Waals surface area (Å²) < 4.78 is 2.42. The van der Waals surface area contributed by atoms with Gasteiger partial charge in [0, 0.05) is 0 Å². The van der Waals surface area contributed by atoms with Gasteiger partial charge in [0.05, 0.1) is 0 Å². The van der Waals surface area contributed by atoms with E-state index >= 15 is 0 Å². The fourth-order valence-corrected chi connectivity index (χ4v) is 2.89. The Morgan fingerprint density at radius 3 is 1.67 bits per heavy atom. The zero-order valence-electron chi connectivity index (χ0n) is 6.28. The molecule has 58 valence electrons. The van der Waals surface area contributed by atoms with E-state index in [1.54, 1.807) is 0 Å². The average molecular weight is 284 g/mol. The molecule has 0 aromatic heterocycles. The Labute approximate surface area is 88.0 Å². The minimum absolute atomic E-state index is 1.21. The molecule has 2 aromatic rings. The summed E-state index contributed by atoms with van der Waals surface area (Å²) >= 11 is 6.13. The van der Waals surface area contributed by atoms with E-state index in [0.29, 0.717) is 0 Å². The van der Waals surface area contributed by atoms with Crippen molar-refractivity contribution in [2.75, 3.05) is 0 Å². The van der Waals surface area contributed by atoms with Crippen LogP contribution >= 0.6 is 0 Å². The van der Waals surface area contributed by atoms with Gasteiger partial charge in [-0.1, -0.05) is 0 Å². The molecule has 0 amide bonds. The SMILES string of the molecule is [Se]c1cccc2cccc([Se])c12. The Morgan fingerprint density at radius 2 is 1.25 bits per heavy atom. The number of hydrogen-bond acceptors (Lipinski definition) is 0. The summed E-state index contributed by atoms with van der Waals surface area (Å²) in [5.41, 5.74) is 0. The molecular weight excluding hydrogens is 278 g/mol. The van der Waals surface area contributed by atoms with Crippen LogP contribution in [0.3, 0.4) is 0 Å². The first kappa shape index (κ1) is 8.34. The van der Waals surface area contributed by atoms with Crippen molar-refractivity contribution in [3.63, 3.8) is 0 Å². The maximum absolute atomic E-state index is 3.07. The second-order valence-corrected chi connectivity index (χ2v) is 4.46. The summed E-state index contributed by atoms with van der Waals surface area (Å²) in [5.74, 6) is 0. The molecular formula is C10H6Se2. The number of benzene rings is 2. The summed E-state index contributed by atoms with van der Waals surface area (Å²) in [6.45, 7) is 0. The van der Waals surface area contributed by atoms with Gasteiger partial charge < -0.3 is 0 Å². The Morgan fingerprint density at radius 1 is 0.750 bits per heavy atom. The van der Waals surface area contributed by atoms with Crippen molar-refractivity contribution in [3.8, 4) is 0 Å². The molecule has 2 rings (SSSR count). The number of hydrogen-bond donors (Lipinski definition) is 0. The monoisotopic (exact) mass is 286 g/mol. The van der Waals surface area contributed by atoms with E-state index in [2.05, 4.69) is 68.4 Å². The molecule has 2 aromatic carbocycles. The predicted molar refractivity (Wildman–Crippen MR) is 54.7 cm³/mol. The van der Waals surface area contributed by atoms with Crippen molar-refractivity contribution in [2.45, 2.75) is 0 Å². The molecule has 0 heterocycles. The van der Waals surface area contributed by atoms with Gasteiger partial charge in [0.25, 0.3) is 0 Å². The normalized spacial score (nSPS) is 10.3. The van der Waals surface area contributed by atoms with Gasteiger partial charge in [-0.3, -0.25) is 0 Å². The second-order valence-electron chi connectivity index (χ2n) is 2.61. The first-order valence-electron chi connectivity index (χ1n) is 3.65. The molecule has 0 bridgehead atoms. The zero-order chi connectivity index (χ0) is 8.55. The molecule has 0 nitrogen and oxygen atoms in total. The van der Waals surface area contributed by atoms with Crippen LogP contribution in [0.15, 0.2) is 36.4 Å². The standard InChI is InChI=1S/C10H6Se2/c11-8-5-1-3-7-4-2-6-9(12)10(7)8/h1-6H. The van der Waals surface area contributed by atoms with Crippen LogP contribution in [0.4, 0.5) is 0 Å². The van der Waals surface area contributed by atoms with Crippen LogP contribution < -0.4 is 8.92 Å². The van der Waals surface area contributed by atoms with Crippen LogP contribution in [0.25, 0.3) is 10.8 Å². The molecule has 0 aliphatic heterocycles. The van der Waals surface area contributed by atoms with E-state index in [9.17, 15) is 0 Å². The summed E-state index contributed by atoms with van der Waals surface area (Å²) in [4.78, 5) is 0. The Hall–Kier alpha value is -0.261. The van der Waals surface area contributed by atoms with Crippen LogP contribution in [0.5, 0.6) is 0 Å². The molecule has 0 aliphatic rings. The molecule has 0 atom stereocenters. The minimum atomic E-state index is 1.21. The fraction of sp³-hybridized carbons (Fsp3) is 0. The predicted octanol–water partition coefficient (Wildman–Crippen LogP) is 0.427. The van der Waals surface area contributed by atoms with E-state index in [1.807, 2.05) is 0 Å². The number of rotatable bonds is 0. The van der Waals surface area contributed by atoms with E-state index in [4.69, 9.17) is 0 Å². The molecule has 0 unspecified atom stereocenters. The third kappa shape index (κ3) is 1.32. The Kier molecular flexibility index (Phi) is 2.25. The summed E-state index contributed by atoms with van der Waals surface area (Å²) in [7, 11) is 0. The molecule has 2 heteroatoms. The molecule has 0 N–H and O–H groups in total. The van der Waals surface area contributed by atoms with E-state index in [0.717, 1.165) is 0 Å². The molecule has 12 heavy (non-hydrogen) atoms. The van der Waals surface area contributed by atoms with Crippen LogP contribution in [-0.4, -0.2) is 32.0 Å². The van der Waals surface area contributed by atoms with Crippen molar-refractivity contribution in [3.05, 3.63) is 36.4 Å². The van der Waals surface area contributed by atoms with Crippen LogP contribution in [0, 0.1) is 0 Å². The van der Waals surface area contributed by atoms with Crippen LogP contribution in [0.2, 0.25) is 0 Å². The van der Waals surface area contributed by atoms with Gasteiger partial charge in [0.1, 0.15) is 0 Å². The zero-order valence-corrected chi connectivity index (χ0v) is 9.71. The molecule has 0 saturated carbocycles. The van der Waals surface area contributed by atoms with Crippen molar-refractivity contribution in [1.82, 2.24) is 0 Å². The Bertz CT molecular complexity index is 384. The summed E-state index contributed by atoms with van der Waals surface area (Å²) in [5, 5.41) is 2.57. The van der Waals surface area contributed by atoms with Crippen molar-refractivity contribution in [1.29, 1.82) is 0 Å². The van der Waals surface area contributed by atoms with Crippen LogP contribution in [0.1, 0.15) is 0 Å². The van der Waals surface area contributed by atoms with E-state index in [1.165, 1.54) is 19.7 Å². The van der Waals surface area contributed by atoms with Gasteiger partial charge in [-0.05, 0) is 0 Å². The third-order valence-corrected chi connectivity index (χ3v) is 3.26. The Balaban J connectivity index is 2.96. The summed E-state index contributed by atoms with van der Waals surface area (Å²) in [6.07, 6.45) is 0. The van der Waals surface area contributed by atoms with Crippen molar-refractivity contribution >= 4 is 51.7 Å². The van der Waals surface area contributed by atoms with Gasteiger partial charge in [-0.15, -0.1) is 0 Å². The molecule has 0 spiro atoms. The van der Waals surface area contributed by atoms with Gasteiger partial charge in [0.15, 0.2) is 0 Å². The van der Waals surface area contributed by atoms with E-state index < -0.39 is 0 Å². The first-order chi connectivity index (χ1) is 5.79. The van der Waals surface area contributed by atoms with Crippen molar-refractivity contribution in [2.24, 2.45) is 0 Å². The fourth-order valence-electron chi connectivity index (χ4n) is 1.27. The van der Waals surface area contributed by atoms with Crippen LogP contribution in [-0.2, 0) is 0 Å². The third-order valence-electron chi connectivity index (χ3n) is 1.83. The van der Waals surface area contributed by atoms with E-state index in [-0.39, 0.29) is 0 Å². The molecule has 0 saturated heterocycles. The quantitative estimate of drug-likeness (QED) is 0.615. The second kappa shape index (κ2) is 3.24. The summed E-state index contributed by atoms with van der Waals surface area (Å²) in [6, 6.07) is 12.5. The number of fused-ring (bicyclic) bond motifs is 1. The molecule has 0 aliphatic carbocycles. The van der Waals surface area contributed by atoms with Gasteiger partial charge >= 0.3 is 88.1 Å². The first-order valence-corrected chi connectivity index (χ1v) is 5.36. The topological polar surface area (TPSA) is 0 Å². The van der Waals surface area contributed by atoms with Crippen molar-refractivity contribution < 1.29 is 0 Å². The van der Waals surface area contributed by atoms with Gasteiger partial charge in [-0.2, -0.15) is 0 Å². The average Bonchev–Trinajstić information content (AvgIpc) is 2.04. The van der Waals surface area contributed by atoms with Gasteiger partial charge in [0.2, 0.25) is 0 Å². The molecule has 0 fully saturated rings. The van der Waals surface area contributed by atoms with Gasteiger partial charge in [-0.25, -0.2) is 0 Å².